The Morgan fingerprint density at radius 2 is 2.04 bits per heavy atom. The van der Waals surface area contributed by atoms with Crippen molar-refractivity contribution >= 4 is 11.2 Å². The highest BCUT2D eigenvalue weighted by Crippen LogP contribution is 2.16. The summed E-state index contributed by atoms with van der Waals surface area (Å²) in [5, 5.41) is 3.50. The molecule has 0 aromatic carbocycles. The fourth-order valence-corrected chi connectivity index (χ4v) is 3.46. The largest absolute Gasteiger partial charge is 0.332 e. The van der Waals surface area contributed by atoms with Crippen molar-refractivity contribution in [3.63, 3.8) is 0 Å². The van der Waals surface area contributed by atoms with E-state index in [0.717, 1.165) is 29.8 Å². The molecule has 0 aliphatic carbocycles. The van der Waals surface area contributed by atoms with Crippen LogP contribution in [0.15, 0.2) is 21.2 Å². The molecule has 0 spiro atoms. The van der Waals surface area contributed by atoms with Gasteiger partial charge in [0.15, 0.2) is 11.2 Å². The molecule has 1 saturated heterocycles. The highest BCUT2D eigenvalue weighted by atomic mass is 16.2. The van der Waals surface area contributed by atoms with Gasteiger partial charge in [-0.2, -0.15) is 0 Å². The van der Waals surface area contributed by atoms with Crippen LogP contribution in [0, 0.1) is 0 Å². The third kappa shape index (κ3) is 3.33. The van der Waals surface area contributed by atoms with Gasteiger partial charge in [-0.25, -0.2) is 9.78 Å². The molecule has 2 aromatic heterocycles. The van der Waals surface area contributed by atoms with Gasteiger partial charge in [-0.3, -0.25) is 13.9 Å². The SMILES string of the molecule is CC(C)=CCn1c(CCC2CCCN2)nc2c1c(=O)n(C)c(=O)n2C. The zero-order chi connectivity index (χ0) is 18.1. The topological polar surface area (TPSA) is 73.8 Å². The second-order valence-corrected chi connectivity index (χ2v) is 7.13. The van der Waals surface area contributed by atoms with Crippen LogP contribution in [0.3, 0.4) is 0 Å². The minimum Gasteiger partial charge on any atom is -0.318 e. The predicted octanol–water partition coefficient (Wildman–Crippen LogP) is 1.08. The van der Waals surface area contributed by atoms with Crippen LogP contribution in [0.4, 0.5) is 0 Å². The summed E-state index contributed by atoms with van der Waals surface area (Å²) in [5.74, 6) is 0.875. The van der Waals surface area contributed by atoms with E-state index in [1.807, 2.05) is 18.4 Å². The Labute approximate surface area is 147 Å². The predicted molar refractivity (Wildman–Crippen MR) is 99.0 cm³/mol. The summed E-state index contributed by atoms with van der Waals surface area (Å²) < 4.78 is 4.59. The van der Waals surface area contributed by atoms with Crippen LogP contribution in [0.2, 0.25) is 0 Å². The number of allylic oxidation sites excluding steroid dienone is 2. The molecule has 25 heavy (non-hydrogen) atoms. The number of hydrogen-bond donors (Lipinski definition) is 1. The molecule has 1 unspecified atom stereocenters. The quantitative estimate of drug-likeness (QED) is 0.823. The van der Waals surface area contributed by atoms with Crippen LogP contribution in [-0.4, -0.2) is 31.3 Å². The lowest BCUT2D eigenvalue weighted by Crippen LogP contribution is -2.37. The Hall–Kier alpha value is -2.15. The van der Waals surface area contributed by atoms with Gasteiger partial charge in [0.25, 0.3) is 5.56 Å². The number of aromatic nitrogens is 4. The average molecular weight is 345 g/mol. The van der Waals surface area contributed by atoms with Gasteiger partial charge in [0, 0.05) is 33.1 Å². The highest BCUT2D eigenvalue weighted by Gasteiger charge is 2.20. The van der Waals surface area contributed by atoms with Crippen molar-refractivity contribution in [1.82, 2.24) is 24.0 Å². The van der Waals surface area contributed by atoms with Crippen molar-refractivity contribution in [2.24, 2.45) is 14.1 Å². The summed E-state index contributed by atoms with van der Waals surface area (Å²) in [6.45, 7) is 5.75. The zero-order valence-electron chi connectivity index (χ0n) is 15.5. The second kappa shape index (κ2) is 7.00. The van der Waals surface area contributed by atoms with Gasteiger partial charge in [-0.15, -0.1) is 0 Å². The number of aryl methyl sites for hydroxylation is 2. The first-order valence-corrected chi connectivity index (χ1v) is 8.92. The molecule has 0 radical (unpaired) electrons. The Bertz CT molecular complexity index is 922. The minimum absolute atomic E-state index is 0.280. The molecule has 1 atom stereocenters. The lowest BCUT2D eigenvalue weighted by atomic mass is 10.1. The molecule has 1 aliphatic heterocycles. The number of nitrogens with one attached hydrogen (secondary N) is 1. The van der Waals surface area contributed by atoms with Crippen LogP contribution in [0.25, 0.3) is 11.2 Å². The molecule has 3 heterocycles. The molecule has 3 rings (SSSR count). The molecular formula is C18H27N5O2. The van der Waals surface area contributed by atoms with Crippen LogP contribution in [-0.2, 0) is 27.1 Å². The van der Waals surface area contributed by atoms with E-state index in [2.05, 4.69) is 16.4 Å². The average Bonchev–Trinajstić information content (AvgIpc) is 3.21. The molecule has 0 amide bonds. The van der Waals surface area contributed by atoms with Crippen molar-refractivity contribution in [1.29, 1.82) is 0 Å². The Kier molecular flexibility index (Phi) is 4.94. The minimum atomic E-state index is -0.339. The van der Waals surface area contributed by atoms with Crippen LogP contribution in [0.1, 0.15) is 38.9 Å². The molecule has 7 heteroatoms. The van der Waals surface area contributed by atoms with Crippen molar-refractivity contribution in [3.8, 4) is 0 Å². The molecule has 2 aromatic rings. The molecule has 0 saturated carbocycles. The van der Waals surface area contributed by atoms with Gasteiger partial charge in [0.1, 0.15) is 5.82 Å². The van der Waals surface area contributed by atoms with Gasteiger partial charge >= 0.3 is 5.69 Å². The van der Waals surface area contributed by atoms with E-state index in [-0.39, 0.29) is 11.2 Å². The van der Waals surface area contributed by atoms with E-state index in [9.17, 15) is 9.59 Å². The summed E-state index contributed by atoms with van der Waals surface area (Å²) in [5.41, 5.74) is 1.55. The Morgan fingerprint density at radius 3 is 2.68 bits per heavy atom. The maximum Gasteiger partial charge on any atom is 0.332 e. The summed E-state index contributed by atoms with van der Waals surface area (Å²) in [7, 11) is 3.19. The molecule has 0 bridgehead atoms. The Morgan fingerprint density at radius 1 is 1.28 bits per heavy atom. The van der Waals surface area contributed by atoms with E-state index < -0.39 is 0 Å². The van der Waals surface area contributed by atoms with E-state index in [4.69, 9.17) is 0 Å². The summed E-state index contributed by atoms with van der Waals surface area (Å²) in [6.07, 6.45) is 6.28. The number of rotatable bonds is 5. The third-order valence-electron chi connectivity index (χ3n) is 4.99. The molecule has 1 fully saturated rings. The van der Waals surface area contributed by atoms with Gasteiger partial charge < -0.3 is 9.88 Å². The van der Waals surface area contributed by atoms with Crippen LogP contribution in [0.5, 0.6) is 0 Å². The maximum atomic E-state index is 12.7. The summed E-state index contributed by atoms with van der Waals surface area (Å²) in [6, 6.07) is 0.517. The monoisotopic (exact) mass is 345 g/mol. The molecular weight excluding hydrogens is 318 g/mol. The first-order valence-electron chi connectivity index (χ1n) is 8.92. The number of fused-ring (bicyclic) bond motifs is 1. The normalized spacial score (nSPS) is 17.4. The van der Waals surface area contributed by atoms with Crippen LogP contribution < -0.4 is 16.6 Å². The first-order chi connectivity index (χ1) is 11.9. The van der Waals surface area contributed by atoms with Crippen molar-refractivity contribution < 1.29 is 0 Å². The van der Waals surface area contributed by atoms with Crippen LogP contribution >= 0.6 is 0 Å². The Balaban J connectivity index is 2.10. The number of nitrogens with zero attached hydrogens (tertiary/aromatic N) is 4. The van der Waals surface area contributed by atoms with E-state index in [1.54, 1.807) is 7.05 Å². The van der Waals surface area contributed by atoms with Gasteiger partial charge in [0.2, 0.25) is 0 Å². The van der Waals surface area contributed by atoms with Crippen molar-refractivity contribution in [2.45, 2.75) is 52.1 Å². The number of hydrogen-bond acceptors (Lipinski definition) is 4. The molecule has 136 valence electrons. The van der Waals surface area contributed by atoms with E-state index in [0.29, 0.717) is 23.8 Å². The van der Waals surface area contributed by atoms with Gasteiger partial charge in [0.05, 0.1) is 0 Å². The molecule has 1 N–H and O–H groups in total. The summed E-state index contributed by atoms with van der Waals surface area (Å²) in [4.78, 5) is 29.6. The maximum absolute atomic E-state index is 12.7. The van der Waals surface area contributed by atoms with Gasteiger partial charge in [-0.05, 0) is 39.7 Å². The molecule has 1 aliphatic rings. The van der Waals surface area contributed by atoms with Crippen molar-refractivity contribution in [3.05, 3.63) is 38.3 Å². The zero-order valence-corrected chi connectivity index (χ0v) is 15.5. The lowest BCUT2D eigenvalue weighted by molar-refractivity contribution is 0.543. The standard InChI is InChI=1S/C18H27N5O2/c1-12(2)9-11-23-14(8-7-13-6-5-10-19-13)20-16-15(23)17(24)22(4)18(25)21(16)3/h9,13,19H,5-8,10-11H2,1-4H3. The third-order valence-corrected chi connectivity index (χ3v) is 4.99. The second-order valence-electron chi connectivity index (χ2n) is 7.13. The van der Waals surface area contributed by atoms with Gasteiger partial charge in [-0.1, -0.05) is 11.6 Å². The fourth-order valence-electron chi connectivity index (χ4n) is 3.46. The van der Waals surface area contributed by atoms with Crippen molar-refractivity contribution in [2.75, 3.05) is 6.54 Å². The first kappa shape index (κ1) is 17.7. The lowest BCUT2D eigenvalue weighted by Gasteiger charge is -2.11. The molecule has 7 nitrogen and oxygen atoms in total. The van der Waals surface area contributed by atoms with E-state index >= 15 is 0 Å². The van der Waals surface area contributed by atoms with E-state index in [1.165, 1.54) is 30.0 Å². The fraction of sp³-hybridized carbons (Fsp3) is 0.611. The number of imidazole rings is 1. The summed E-state index contributed by atoms with van der Waals surface area (Å²) >= 11 is 0. The smallest absolute Gasteiger partial charge is 0.318 e. The highest BCUT2D eigenvalue weighted by molar-refractivity contribution is 5.71.